The Morgan fingerprint density at radius 2 is 1.93 bits per heavy atom. The van der Waals surface area contributed by atoms with E-state index in [0.29, 0.717) is 45.6 Å². The van der Waals surface area contributed by atoms with E-state index in [4.69, 9.17) is 20.9 Å². The number of carbonyl (C=O) groups is 1. The smallest absolute Gasteiger partial charge is 0.261 e. The molecule has 0 saturated carbocycles. The quantitative estimate of drug-likeness (QED) is 0.528. The maximum absolute atomic E-state index is 13.0. The number of halogens is 1. The number of para-hydroxylation sites is 2. The van der Waals surface area contributed by atoms with Gasteiger partial charge in [0.15, 0.2) is 0 Å². The van der Waals surface area contributed by atoms with E-state index in [2.05, 4.69) is 17.4 Å². The van der Waals surface area contributed by atoms with E-state index in [-0.39, 0.29) is 5.91 Å². The molecule has 0 spiro atoms. The van der Waals surface area contributed by atoms with Crippen LogP contribution in [0.15, 0.2) is 53.1 Å². The van der Waals surface area contributed by atoms with Gasteiger partial charge in [-0.2, -0.15) is 0 Å². The molecule has 0 bridgehead atoms. The van der Waals surface area contributed by atoms with Crippen LogP contribution in [0.3, 0.4) is 0 Å². The molecule has 0 radical (unpaired) electrons. The fraction of sp³-hybridized carbons (Fsp3) is 0.238. The SMILES string of the molecule is CCCCOc1ccccc1NC(=O)c1c(-c2ccccc2Cl)noc1C. The van der Waals surface area contributed by atoms with Gasteiger partial charge in [-0.05, 0) is 31.5 Å². The van der Waals surface area contributed by atoms with E-state index in [1.807, 2.05) is 30.3 Å². The minimum atomic E-state index is -0.324. The van der Waals surface area contributed by atoms with Crippen LogP contribution < -0.4 is 10.1 Å². The first kappa shape index (κ1) is 19.0. The summed E-state index contributed by atoms with van der Waals surface area (Å²) in [4.78, 5) is 13.0. The lowest BCUT2D eigenvalue weighted by Crippen LogP contribution is -2.14. The van der Waals surface area contributed by atoms with Gasteiger partial charge in [-0.15, -0.1) is 0 Å². The van der Waals surface area contributed by atoms with E-state index >= 15 is 0 Å². The lowest BCUT2D eigenvalue weighted by Gasteiger charge is -2.12. The highest BCUT2D eigenvalue weighted by atomic mass is 35.5. The molecule has 140 valence electrons. The van der Waals surface area contributed by atoms with Crippen molar-refractivity contribution in [1.82, 2.24) is 5.16 Å². The van der Waals surface area contributed by atoms with E-state index in [1.54, 1.807) is 25.1 Å². The molecule has 1 N–H and O–H groups in total. The summed E-state index contributed by atoms with van der Waals surface area (Å²) in [5.41, 5.74) is 2.02. The number of hydrogen-bond donors (Lipinski definition) is 1. The fourth-order valence-electron chi connectivity index (χ4n) is 2.68. The second-order valence-corrected chi connectivity index (χ2v) is 6.50. The molecule has 0 aliphatic heterocycles. The minimum Gasteiger partial charge on any atom is -0.491 e. The van der Waals surface area contributed by atoms with Crippen LogP contribution in [0.4, 0.5) is 5.69 Å². The van der Waals surface area contributed by atoms with Crippen LogP contribution in [0.2, 0.25) is 5.02 Å². The summed E-state index contributed by atoms with van der Waals surface area (Å²) in [5, 5.41) is 7.45. The number of hydrogen-bond acceptors (Lipinski definition) is 4. The highest BCUT2D eigenvalue weighted by Crippen LogP contribution is 2.32. The lowest BCUT2D eigenvalue weighted by molar-refractivity contribution is 0.102. The number of benzene rings is 2. The summed E-state index contributed by atoms with van der Waals surface area (Å²) in [5.74, 6) is 0.731. The topological polar surface area (TPSA) is 64.4 Å². The van der Waals surface area contributed by atoms with Crippen molar-refractivity contribution in [3.8, 4) is 17.0 Å². The number of aryl methyl sites for hydroxylation is 1. The van der Waals surface area contributed by atoms with Gasteiger partial charge in [-0.1, -0.05) is 60.4 Å². The predicted octanol–water partition coefficient (Wildman–Crippen LogP) is 5.73. The Labute approximate surface area is 163 Å². The van der Waals surface area contributed by atoms with Gasteiger partial charge < -0.3 is 14.6 Å². The molecule has 27 heavy (non-hydrogen) atoms. The third-order valence-corrected chi connectivity index (χ3v) is 4.44. The number of nitrogens with one attached hydrogen (secondary N) is 1. The second kappa shape index (κ2) is 8.73. The van der Waals surface area contributed by atoms with Gasteiger partial charge in [-0.3, -0.25) is 4.79 Å². The monoisotopic (exact) mass is 384 g/mol. The molecule has 0 atom stereocenters. The number of unbranched alkanes of at least 4 members (excludes halogenated alkanes) is 1. The molecule has 6 heteroatoms. The van der Waals surface area contributed by atoms with Crippen LogP contribution in [0.25, 0.3) is 11.3 Å². The number of anilines is 1. The zero-order chi connectivity index (χ0) is 19.2. The summed E-state index contributed by atoms with van der Waals surface area (Å²) < 4.78 is 11.1. The highest BCUT2D eigenvalue weighted by molar-refractivity contribution is 6.33. The first-order chi connectivity index (χ1) is 13.1. The Morgan fingerprint density at radius 1 is 1.19 bits per heavy atom. The van der Waals surface area contributed by atoms with Gasteiger partial charge in [-0.25, -0.2) is 0 Å². The molecule has 2 aromatic carbocycles. The number of nitrogens with zero attached hydrogens (tertiary/aromatic N) is 1. The zero-order valence-corrected chi connectivity index (χ0v) is 16.0. The molecule has 3 aromatic rings. The van der Waals surface area contributed by atoms with Crippen molar-refractivity contribution < 1.29 is 14.1 Å². The maximum atomic E-state index is 13.0. The molecular weight excluding hydrogens is 364 g/mol. The Hall–Kier alpha value is -2.79. The predicted molar refractivity (Wildman–Crippen MR) is 106 cm³/mol. The Morgan fingerprint density at radius 3 is 2.70 bits per heavy atom. The summed E-state index contributed by atoms with van der Waals surface area (Å²) >= 11 is 6.27. The zero-order valence-electron chi connectivity index (χ0n) is 15.3. The standard InChI is InChI=1S/C21H21ClN2O3/c1-3-4-13-26-18-12-8-7-11-17(18)23-21(25)19-14(2)27-24-20(19)15-9-5-6-10-16(15)22/h5-12H,3-4,13H2,1-2H3,(H,23,25). The van der Waals surface area contributed by atoms with E-state index in [0.717, 1.165) is 12.8 Å². The normalized spacial score (nSPS) is 10.6. The van der Waals surface area contributed by atoms with Gasteiger partial charge in [0.2, 0.25) is 0 Å². The van der Waals surface area contributed by atoms with Crippen molar-refractivity contribution in [2.24, 2.45) is 0 Å². The fourth-order valence-corrected chi connectivity index (χ4v) is 2.91. The Balaban J connectivity index is 1.88. The third-order valence-electron chi connectivity index (χ3n) is 4.11. The van der Waals surface area contributed by atoms with Crippen LogP contribution in [0, 0.1) is 6.92 Å². The molecule has 0 aliphatic rings. The van der Waals surface area contributed by atoms with Gasteiger partial charge in [0.25, 0.3) is 5.91 Å². The third kappa shape index (κ3) is 4.31. The average Bonchev–Trinajstić information content (AvgIpc) is 3.05. The van der Waals surface area contributed by atoms with Gasteiger partial charge in [0.1, 0.15) is 22.8 Å². The van der Waals surface area contributed by atoms with Crippen molar-refractivity contribution in [3.05, 3.63) is 64.9 Å². The maximum Gasteiger partial charge on any atom is 0.261 e. The first-order valence-electron chi connectivity index (χ1n) is 8.86. The molecular formula is C21H21ClN2O3. The van der Waals surface area contributed by atoms with E-state index in [1.165, 1.54) is 0 Å². The number of rotatable bonds is 7. The molecule has 1 heterocycles. The molecule has 3 rings (SSSR count). The van der Waals surface area contributed by atoms with Gasteiger partial charge in [0, 0.05) is 5.56 Å². The molecule has 0 fully saturated rings. The van der Waals surface area contributed by atoms with Gasteiger partial charge in [0.05, 0.1) is 17.3 Å². The van der Waals surface area contributed by atoms with Crippen molar-refractivity contribution >= 4 is 23.2 Å². The molecule has 1 aromatic heterocycles. The van der Waals surface area contributed by atoms with Crippen molar-refractivity contribution in [2.75, 3.05) is 11.9 Å². The largest absolute Gasteiger partial charge is 0.491 e. The number of carbonyl (C=O) groups excluding carboxylic acids is 1. The average molecular weight is 385 g/mol. The van der Waals surface area contributed by atoms with Crippen LogP contribution in [0.5, 0.6) is 5.75 Å². The highest BCUT2D eigenvalue weighted by Gasteiger charge is 2.23. The number of amides is 1. The van der Waals surface area contributed by atoms with Crippen LogP contribution in [-0.2, 0) is 0 Å². The minimum absolute atomic E-state index is 0.324. The molecule has 1 amide bonds. The van der Waals surface area contributed by atoms with Crippen molar-refractivity contribution in [1.29, 1.82) is 0 Å². The Kier molecular flexibility index (Phi) is 6.14. The number of ether oxygens (including phenoxy) is 1. The van der Waals surface area contributed by atoms with Crippen LogP contribution in [0.1, 0.15) is 35.9 Å². The summed E-state index contributed by atoms with van der Waals surface area (Å²) in [6, 6.07) is 14.6. The number of aromatic nitrogens is 1. The second-order valence-electron chi connectivity index (χ2n) is 6.09. The summed E-state index contributed by atoms with van der Waals surface area (Å²) in [6.45, 7) is 4.40. The molecule has 0 aliphatic carbocycles. The summed E-state index contributed by atoms with van der Waals surface area (Å²) in [6.07, 6.45) is 1.99. The van der Waals surface area contributed by atoms with Gasteiger partial charge >= 0.3 is 0 Å². The first-order valence-corrected chi connectivity index (χ1v) is 9.24. The lowest BCUT2D eigenvalue weighted by atomic mass is 10.1. The molecule has 0 unspecified atom stereocenters. The molecule has 0 saturated heterocycles. The van der Waals surface area contributed by atoms with E-state index < -0.39 is 0 Å². The Bertz CT molecular complexity index is 937. The molecule has 5 nitrogen and oxygen atoms in total. The van der Waals surface area contributed by atoms with Crippen LogP contribution in [-0.4, -0.2) is 17.7 Å². The van der Waals surface area contributed by atoms with E-state index in [9.17, 15) is 4.79 Å². The van der Waals surface area contributed by atoms with Crippen molar-refractivity contribution in [3.63, 3.8) is 0 Å². The summed E-state index contributed by atoms with van der Waals surface area (Å²) in [7, 11) is 0. The van der Waals surface area contributed by atoms with Crippen LogP contribution >= 0.6 is 11.6 Å². The van der Waals surface area contributed by atoms with Crippen molar-refractivity contribution in [2.45, 2.75) is 26.7 Å².